The number of carbonyl (C=O) groups excluding carboxylic acids is 1. The standard InChI is InChI=1S/C24H27N3O2/c1-17-5-9-20(10-6-17)27-24(2,3)23(28)26-22(19-13-15-25-16-14-19)18-7-11-21(29-4)12-8-18/h5-16,22,27H,1-4H3,(H,26,28). The number of hydrogen-bond acceptors (Lipinski definition) is 4. The van der Waals surface area contributed by atoms with Crippen LogP contribution >= 0.6 is 0 Å². The molecule has 1 heterocycles. The zero-order valence-electron chi connectivity index (χ0n) is 17.3. The molecule has 5 nitrogen and oxygen atoms in total. The van der Waals surface area contributed by atoms with Crippen molar-refractivity contribution in [2.45, 2.75) is 32.4 Å². The lowest BCUT2D eigenvalue weighted by Crippen LogP contribution is -2.49. The molecule has 0 aliphatic heterocycles. The summed E-state index contributed by atoms with van der Waals surface area (Å²) in [4.78, 5) is 17.3. The maximum absolute atomic E-state index is 13.2. The summed E-state index contributed by atoms with van der Waals surface area (Å²) in [7, 11) is 1.64. The van der Waals surface area contributed by atoms with Gasteiger partial charge in [0, 0.05) is 18.1 Å². The van der Waals surface area contributed by atoms with Crippen LogP contribution in [0.5, 0.6) is 5.75 Å². The number of carbonyl (C=O) groups is 1. The second kappa shape index (κ2) is 8.78. The van der Waals surface area contributed by atoms with Gasteiger partial charge in [-0.25, -0.2) is 0 Å². The Morgan fingerprint density at radius 3 is 2.10 bits per heavy atom. The van der Waals surface area contributed by atoms with Gasteiger partial charge in [-0.1, -0.05) is 29.8 Å². The molecule has 1 amide bonds. The Kier molecular flexibility index (Phi) is 6.17. The van der Waals surface area contributed by atoms with Crippen molar-refractivity contribution in [1.82, 2.24) is 10.3 Å². The monoisotopic (exact) mass is 389 g/mol. The number of hydrogen-bond donors (Lipinski definition) is 2. The topological polar surface area (TPSA) is 63.2 Å². The number of aromatic nitrogens is 1. The molecule has 29 heavy (non-hydrogen) atoms. The summed E-state index contributed by atoms with van der Waals surface area (Å²) in [6.45, 7) is 5.79. The first kappa shape index (κ1) is 20.4. The lowest BCUT2D eigenvalue weighted by Gasteiger charge is -2.30. The summed E-state index contributed by atoms with van der Waals surface area (Å²) in [5.74, 6) is 0.672. The van der Waals surface area contributed by atoms with Crippen molar-refractivity contribution in [3.63, 3.8) is 0 Å². The van der Waals surface area contributed by atoms with E-state index < -0.39 is 5.54 Å². The maximum Gasteiger partial charge on any atom is 0.245 e. The first-order valence-corrected chi connectivity index (χ1v) is 9.59. The highest BCUT2D eigenvalue weighted by atomic mass is 16.5. The van der Waals surface area contributed by atoms with E-state index in [1.165, 1.54) is 5.56 Å². The third-order valence-electron chi connectivity index (χ3n) is 4.84. The Morgan fingerprint density at radius 1 is 0.931 bits per heavy atom. The van der Waals surface area contributed by atoms with E-state index in [1.54, 1.807) is 19.5 Å². The predicted octanol–water partition coefficient (Wildman–Crippen LogP) is 4.49. The van der Waals surface area contributed by atoms with Crippen LogP contribution in [0.4, 0.5) is 5.69 Å². The molecular formula is C24H27N3O2. The predicted molar refractivity (Wildman–Crippen MR) is 116 cm³/mol. The van der Waals surface area contributed by atoms with Crippen LogP contribution in [0.15, 0.2) is 73.1 Å². The van der Waals surface area contributed by atoms with Crippen molar-refractivity contribution in [3.8, 4) is 5.75 Å². The van der Waals surface area contributed by atoms with Gasteiger partial charge in [0.2, 0.25) is 5.91 Å². The van der Waals surface area contributed by atoms with Crippen molar-refractivity contribution in [2.75, 3.05) is 12.4 Å². The highest BCUT2D eigenvalue weighted by Crippen LogP contribution is 2.25. The SMILES string of the molecule is COc1ccc(C(NC(=O)C(C)(C)Nc2ccc(C)cc2)c2ccncc2)cc1. The van der Waals surface area contributed by atoms with Gasteiger partial charge in [-0.05, 0) is 68.3 Å². The molecule has 0 saturated carbocycles. The molecule has 1 aromatic heterocycles. The number of nitrogens with one attached hydrogen (secondary N) is 2. The number of benzene rings is 2. The zero-order valence-corrected chi connectivity index (χ0v) is 17.3. The second-order valence-corrected chi connectivity index (χ2v) is 7.58. The number of amides is 1. The van der Waals surface area contributed by atoms with Gasteiger partial charge < -0.3 is 15.4 Å². The first-order chi connectivity index (χ1) is 13.9. The largest absolute Gasteiger partial charge is 0.497 e. The third kappa shape index (κ3) is 5.13. The van der Waals surface area contributed by atoms with Crippen LogP contribution in [-0.2, 0) is 4.79 Å². The minimum absolute atomic E-state index is 0.101. The lowest BCUT2D eigenvalue weighted by atomic mass is 9.96. The summed E-state index contributed by atoms with van der Waals surface area (Å²) in [5, 5.41) is 6.52. The Hall–Kier alpha value is -3.34. The first-order valence-electron chi connectivity index (χ1n) is 9.59. The summed E-state index contributed by atoms with van der Waals surface area (Å²) in [5.41, 5.74) is 3.21. The van der Waals surface area contributed by atoms with Crippen molar-refractivity contribution in [1.29, 1.82) is 0 Å². The fourth-order valence-corrected chi connectivity index (χ4v) is 3.08. The van der Waals surface area contributed by atoms with E-state index in [2.05, 4.69) is 15.6 Å². The highest BCUT2D eigenvalue weighted by molar-refractivity contribution is 5.89. The molecule has 0 fully saturated rings. The molecule has 0 saturated heterocycles. The number of rotatable bonds is 7. The maximum atomic E-state index is 13.2. The molecule has 3 aromatic rings. The van der Waals surface area contributed by atoms with E-state index in [4.69, 9.17) is 4.74 Å². The molecule has 3 rings (SSSR count). The molecule has 5 heteroatoms. The molecule has 1 unspecified atom stereocenters. The third-order valence-corrected chi connectivity index (χ3v) is 4.84. The Balaban J connectivity index is 1.84. The summed E-state index contributed by atoms with van der Waals surface area (Å²) < 4.78 is 5.26. The quantitative estimate of drug-likeness (QED) is 0.625. The number of anilines is 1. The fourth-order valence-electron chi connectivity index (χ4n) is 3.08. The number of aryl methyl sites for hydroxylation is 1. The van der Waals surface area contributed by atoms with Crippen LogP contribution in [0.1, 0.15) is 36.6 Å². The normalized spacial score (nSPS) is 12.1. The van der Waals surface area contributed by atoms with Gasteiger partial charge in [0.1, 0.15) is 11.3 Å². The van der Waals surface area contributed by atoms with Gasteiger partial charge in [-0.2, -0.15) is 0 Å². The molecule has 1 atom stereocenters. The number of methoxy groups -OCH3 is 1. The van der Waals surface area contributed by atoms with Crippen LogP contribution in [-0.4, -0.2) is 23.5 Å². The molecule has 150 valence electrons. The Labute approximate surface area is 172 Å². The molecule has 0 spiro atoms. The fraction of sp³-hybridized carbons (Fsp3) is 0.250. The van der Waals surface area contributed by atoms with Crippen LogP contribution in [0.25, 0.3) is 0 Å². The number of nitrogens with zero attached hydrogens (tertiary/aromatic N) is 1. The van der Waals surface area contributed by atoms with Gasteiger partial charge in [0.25, 0.3) is 0 Å². The summed E-state index contributed by atoms with van der Waals surface area (Å²) in [6, 6.07) is 19.2. The van der Waals surface area contributed by atoms with E-state index in [-0.39, 0.29) is 11.9 Å². The van der Waals surface area contributed by atoms with Gasteiger partial charge in [-0.3, -0.25) is 9.78 Å². The molecule has 0 radical (unpaired) electrons. The van der Waals surface area contributed by atoms with Crippen LogP contribution in [0, 0.1) is 6.92 Å². The molecule has 0 aliphatic rings. The van der Waals surface area contributed by atoms with E-state index in [1.807, 2.05) is 81.4 Å². The molecular weight excluding hydrogens is 362 g/mol. The Morgan fingerprint density at radius 2 is 1.52 bits per heavy atom. The number of ether oxygens (including phenoxy) is 1. The second-order valence-electron chi connectivity index (χ2n) is 7.58. The number of pyridine rings is 1. The van der Waals surface area contributed by atoms with Crippen molar-refractivity contribution in [2.24, 2.45) is 0 Å². The minimum Gasteiger partial charge on any atom is -0.497 e. The Bertz CT molecular complexity index is 936. The molecule has 0 bridgehead atoms. The van der Waals surface area contributed by atoms with Crippen molar-refractivity contribution < 1.29 is 9.53 Å². The van der Waals surface area contributed by atoms with E-state index >= 15 is 0 Å². The van der Waals surface area contributed by atoms with Gasteiger partial charge >= 0.3 is 0 Å². The minimum atomic E-state index is -0.799. The molecule has 0 aliphatic carbocycles. The van der Waals surface area contributed by atoms with E-state index in [0.717, 1.165) is 22.6 Å². The van der Waals surface area contributed by atoms with E-state index in [0.29, 0.717) is 0 Å². The summed E-state index contributed by atoms with van der Waals surface area (Å²) in [6.07, 6.45) is 3.46. The van der Waals surface area contributed by atoms with Crippen LogP contribution < -0.4 is 15.4 Å². The molecule has 2 aromatic carbocycles. The van der Waals surface area contributed by atoms with Crippen LogP contribution in [0.2, 0.25) is 0 Å². The van der Waals surface area contributed by atoms with Crippen LogP contribution in [0.3, 0.4) is 0 Å². The highest BCUT2D eigenvalue weighted by Gasteiger charge is 2.30. The molecule has 2 N–H and O–H groups in total. The average molecular weight is 389 g/mol. The van der Waals surface area contributed by atoms with Gasteiger partial charge in [0.05, 0.1) is 13.2 Å². The van der Waals surface area contributed by atoms with E-state index in [9.17, 15) is 4.79 Å². The van der Waals surface area contributed by atoms with Gasteiger partial charge in [0.15, 0.2) is 0 Å². The van der Waals surface area contributed by atoms with Crippen molar-refractivity contribution >= 4 is 11.6 Å². The average Bonchev–Trinajstić information content (AvgIpc) is 2.74. The van der Waals surface area contributed by atoms with Gasteiger partial charge in [-0.15, -0.1) is 0 Å². The van der Waals surface area contributed by atoms with Crippen molar-refractivity contribution in [3.05, 3.63) is 89.7 Å². The lowest BCUT2D eigenvalue weighted by molar-refractivity contribution is -0.125. The zero-order chi connectivity index (χ0) is 20.9. The summed E-state index contributed by atoms with van der Waals surface area (Å²) >= 11 is 0. The smallest absolute Gasteiger partial charge is 0.245 e.